The standard InChI is InChI=1S/C50H30O/c1-2-13-34-30-47-45(28-33(34)12-1)44-29-37(25-26-46(44)51-47)50-42-20-7-5-18-40(42)49(41-19-6-8-21-43(41)50)36-16-9-15-35(27-36)39-22-10-14-32-24-23-31-11-3-4-17-38(31)48(32)39/h1-30H/i5D,6D,7D,8D,18D,19D,20D,21D. The fourth-order valence-corrected chi connectivity index (χ4v) is 7.96. The summed E-state index contributed by atoms with van der Waals surface area (Å²) < 4.78 is 79.8. The molecule has 0 amide bonds. The Morgan fingerprint density at radius 2 is 0.922 bits per heavy atom. The van der Waals surface area contributed by atoms with Crippen LogP contribution in [0.2, 0.25) is 0 Å². The van der Waals surface area contributed by atoms with Crippen molar-refractivity contribution in [3.05, 3.63) is 182 Å². The number of hydrogen-bond donors (Lipinski definition) is 0. The molecule has 1 aromatic heterocycles. The van der Waals surface area contributed by atoms with Gasteiger partial charge in [0.25, 0.3) is 0 Å². The minimum atomic E-state index is -0.437. The van der Waals surface area contributed by atoms with E-state index in [0.717, 1.165) is 54.2 Å². The molecule has 0 aliphatic rings. The molecule has 0 saturated carbocycles. The highest BCUT2D eigenvalue weighted by molar-refractivity contribution is 6.23. The van der Waals surface area contributed by atoms with E-state index in [9.17, 15) is 5.48 Å². The minimum Gasteiger partial charge on any atom is -0.456 e. The molecule has 0 aliphatic heterocycles. The van der Waals surface area contributed by atoms with Gasteiger partial charge in [0.2, 0.25) is 0 Å². The molecular weight excluding hydrogens is 617 g/mol. The van der Waals surface area contributed by atoms with E-state index in [1.54, 1.807) is 6.07 Å². The molecule has 1 heterocycles. The first-order valence-corrected chi connectivity index (χ1v) is 16.9. The predicted octanol–water partition coefficient (Wildman–Crippen LogP) is 14.4. The van der Waals surface area contributed by atoms with E-state index in [1.807, 2.05) is 84.9 Å². The molecule has 0 spiro atoms. The lowest BCUT2D eigenvalue weighted by Crippen LogP contribution is -1.91. The summed E-state index contributed by atoms with van der Waals surface area (Å²) in [5.74, 6) is 0. The van der Waals surface area contributed by atoms with E-state index < -0.39 is 24.2 Å². The summed E-state index contributed by atoms with van der Waals surface area (Å²) in [6.45, 7) is 0. The first-order valence-electron chi connectivity index (χ1n) is 20.9. The van der Waals surface area contributed by atoms with E-state index in [0.29, 0.717) is 33.4 Å². The number of hydrogen-bond acceptors (Lipinski definition) is 1. The molecule has 0 fully saturated rings. The fraction of sp³-hybridized carbons (Fsp3) is 0. The van der Waals surface area contributed by atoms with Crippen molar-refractivity contribution in [2.45, 2.75) is 0 Å². The maximum Gasteiger partial charge on any atom is 0.136 e. The van der Waals surface area contributed by atoms with Crippen molar-refractivity contribution in [1.29, 1.82) is 0 Å². The van der Waals surface area contributed by atoms with Gasteiger partial charge in [-0.1, -0.05) is 151 Å². The predicted molar refractivity (Wildman–Crippen MR) is 218 cm³/mol. The highest BCUT2D eigenvalue weighted by Crippen LogP contribution is 2.46. The van der Waals surface area contributed by atoms with Crippen molar-refractivity contribution < 1.29 is 15.4 Å². The molecule has 0 atom stereocenters. The molecule has 1 nitrogen and oxygen atoms in total. The maximum absolute atomic E-state index is 9.48. The van der Waals surface area contributed by atoms with Crippen LogP contribution in [0.1, 0.15) is 11.0 Å². The topological polar surface area (TPSA) is 13.1 Å². The molecule has 0 saturated heterocycles. The number of fused-ring (bicyclic) bond motifs is 9. The van der Waals surface area contributed by atoms with Crippen LogP contribution in [0.25, 0.3) is 109 Å². The Morgan fingerprint density at radius 3 is 1.67 bits per heavy atom. The molecule has 0 aliphatic carbocycles. The lowest BCUT2D eigenvalue weighted by Gasteiger charge is -2.18. The fourth-order valence-electron chi connectivity index (χ4n) is 7.96. The van der Waals surface area contributed by atoms with Crippen molar-refractivity contribution in [2.24, 2.45) is 0 Å². The van der Waals surface area contributed by atoms with Crippen LogP contribution in [0.15, 0.2) is 186 Å². The van der Waals surface area contributed by atoms with Gasteiger partial charge in [0, 0.05) is 10.8 Å². The van der Waals surface area contributed by atoms with Crippen LogP contribution in [-0.4, -0.2) is 0 Å². The molecule has 236 valence electrons. The van der Waals surface area contributed by atoms with E-state index in [1.165, 1.54) is 0 Å². The van der Waals surface area contributed by atoms with Gasteiger partial charge in [0.05, 0.1) is 11.0 Å². The smallest absolute Gasteiger partial charge is 0.136 e. The summed E-state index contributed by atoms with van der Waals surface area (Å²) >= 11 is 0. The molecule has 0 radical (unpaired) electrons. The Bertz CT molecular complexity index is 3580. The zero-order chi connectivity index (χ0) is 40.4. The highest BCUT2D eigenvalue weighted by Gasteiger charge is 2.19. The molecule has 0 unspecified atom stereocenters. The van der Waals surface area contributed by atoms with E-state index in [2.05, 4.69) is 42.5 Å². The summed E-state index contributed by atoms with van der Waals surface area (Å²) in [4.78, 5) is 0. The Kier molecular flexibility index (Phi) is 4.57. The Labute approximate surface area is 305 Å². The van der Waals surface area contributed by atoms with Crippen molar-refractivity contribution in [3.63, 3.8) is 0 Å². The Morgan fingerprint density at radius 1 is 0.353 bits per heavy atom. The van der Waals surface area contributed by atoms with Crippen LogP contribution in [0.4, 0.5) is 0 Å². The second kappa shape index (κ2) is 10.9. The average molecular weight is 655 g/mol. The largest absolute Gasteiger partial charge is 0.456 e. The van der Waals surface area contributed by atoms with Gasteiger partial charge in [0.1, 0.15) is 11.2 Å². The molecule has 1 heteroatoms. The van der Waals surface area contributed by atoms with Gasteiger partial charge in [0.15, 0.2) is 0 Å². The second-order valence-electron chi connectivity index (χ2n) is 13.0. The van der Waals surface area contributed by atoms with Crippen LogP contribution in [0.5, 0.6) is 0 Å². The zero-order valence-corrected chi connectivity index (χ0v) is 27.1. The molecule has 10 aromatic carbocycles. The zero-order valence-electron chi connectivity index (χ0n) is 35.1. The summed E-state index contributed by atoms with van der Waals surface area (Å²) in [5.41, 5.74) is 4.80. The molecule has 51 heavy (non-hydrogen) atoms. The quantitative estimate of drug-likeness (QED) is 0.136. The highest BCUT2D eigenvalue weighted by atomic mass is 16.3. The first-order chi connectivity index (χ1) is 28.6. The molecular formula is C50H30O. The minimum absolute atomic E-state index is 0.169. The first kappa shape index (κ1) is 21.4. The Hall–Kier alpha value is -6.70. The third-order valence-corrected chi connectivity index (χ3v) is 10.2. The number of furan rings is 1. The molecule has 0 bridgehead atoms. The molecule has 11 rings (SSSR count). The van der Waals surface area contributed by atoms with Crippen molar-refractivity contribution in [1.82, 2.24) is 0 Å². The lowest BCUT2D eigenvalue weighted by molar-refractivity contribution is 0.669. The number of rotatable bonds is 3. The van der Waals surface area contributed by atoms with Crippen LogP contribution >= 0.6 is 0 Å². The maximum atomic E-state index is 9.48. The van der Waals surface area contributed by atoms with Crippen LogP contribution in [-0.2, 0) is 0 Å². The van der Waals surface area contributed by atoms with Gasteiger partial charge >= 0.3 is 0 Å². The second-order valence-corrected chi connectivity index (χ2v) is 13.0. The molecule has 11 aromatic rings. The average Bonchev–Trinajstić information content (AvgIpc) is 3.63. The normalized spacial score (nSPS) is 14.1. The van der Waals surface area contributed by atoms with E-state index in [4.69, 9.17) is 9.90 Å². The van der Waals surface area contributed by atoms with E-state index in [-0.39, 0.29) is 45.7 Å². The van der Waals surface area contributed by atoms with Gasteiger partial charge in [-0.25, -0.2) is 0 Å². The Balaban J connectivity index is 1.28. The summed E-state index contributed by atoms with van der Waals surface area (Å²) in [6, 6.07) is 40.9. The van der Waals surface area contributed by atoms with Gasteiger partial charge in [-0.15, -0.1) is 0 Å². The third-order valence-electron chi connectivity index (χ3n) is 10.2. The van der Waals surface area contributed by atoms with Gasteiger partial charge in [-0.05, 0) is 118 Å². The van der Waals surface area contributed by atoms with Gasteiger partial charge in [-0.3, -0.25) is 0 Å². The third kappa shape index (κ3) is 4.28. The van der Waals surface area contributed by atoms with Crippen LogP contribution < -0.4 is 0 Å². The summed E-state index contributed by atoms with van der Waals surface area (Å²) in [5, 5.41) is 8.66. The van der Waals surface area contributed by atoms with Gasteiger partial charge < -0.3 is 4.42 Å². The number of benzene rings is 10. The van der Waals surface area contributed by atoms with Crippen LogP contribution in [0.3, 0.4) is 0 Å². The summed E-state index contributed by atoms with van der Waals surface area (Å²) in [6.07, 6.45) is 0. The lowest BCUT2D eigenvalue weighted by atomic mass is 9.85. The molecule has 0 N–H and O–H groups in total. The van der Waals surface area contributed by atoms with Crippen molar-refractivity contribution in [2.75, 3.05) is 0 Å². The SMILES string of the molecule is [2H]c1c([2H])c([2H])c2c(-c3ccc4oc5cc6ccccc6cc5c4c3)c3c([2H])c([2H])c([2H])c([2H])c3c(-c3cccc(-c4cccc5ccc6ccccc6c45)c3)c2c1[2H]. The van der Waals surface area contributed by atoms with Crippen LogP contribution in [0, 0.1) is 0 Å². The summed E-state index contributed by atoms with van der Waals surface area (Å²) in [7, 11) is 0. The van der Waals surface area contributed by atoms with Crippen molar-refractivity contribution >= 4 is 75.8 Å². The monoisotopic (exact) mass is 654 g/mol. The van der Waals surface area contributed by atoms with Crippen molar-refractivity contribution in [3.8, 4) is 33.4 Å². The van der Waals surface area contributed by atoms with Gasteiger partial charge in [-0.2, -0.15) is 0 Å². The van der Waals surface area contributed by atoms with E-state index >= 15 is 0 Å².